The molecule has 1 fully saturated rings. The summed E-state index contributed by atoms with van der Waals surface area (Å²) in [4.78, 5) is 12.0. The van der Waals surface area contributed by atoms with Crippen molar-refractivity contribution < 1.29 is 9.00 Å². The molecule has 1 aliphatic carbocycles. The van der Waals surface area contributed by atoms with Crippen molar-refractivity contribution in [3.8, 4) is 0 Å². The summed E-state index contributed by atoms with van der Waals surface area (Å²) >= 11 is 0. The number of aryl methyl sites for hydroxylation is 1. The van der Waals surface area contributed by atoms with E-state index in [1.807, 2.05) is 19.1 Å². The van der Waals surface area contributed by atoms with Crippen molar-refractivity contribution in [3.63, 3.8) is 0 Å². The molecule has 0 aliphatic heterocycles. The van der Waals surface area contributed by atoms with Gasteiger partial charge >= 0.3 is 0 Å². The van der Waals surface area contributed by atoms with Crippen molar-refractivity contribution in [2.75, 3.05) is 16.8 Å². The molecule has 110 valence electrons. The highest BCUT2D eigenvalue weighted by atomic mass is 32.2. The molecular weight excluding hydrogens is 272 g/mol. The molecule has 1 atom stereocenters. The monoisotopic (exact) mass is 294 g/mol. The Kier molecular flexibility index (Phi) is 5.17. The summed E-state index contributed by atoms with van der Waals surface area (Å²) in [6.45, 7) is 1.89. The molecule has 0 aromatic heterocycles. The predicted octanol–water partition coefficient (Wildman–Crippen LogP) is 2.60. The molecule has 1 aromatic carbocycles. The molecule has 1 saturated carbocycles. The molecule has 0 saturated heterocycles. The Morgan fingerprint density at radius 2 is 2.05 bits per heavy atom. The highest BCUT2D eigenvalue weighted by molar-refractivity contribution is 7.86. The lowest BCUT2D eigenvalue weighted by atomic mass is 10.0. The maximum Gasteiger partial charge on any atom is 0.237 e. The molecule has 3 N–H and O–H groups in total. The molecule has 0 radical (unpaired) electrons. The zero-order chi connectivity index (χ0) is 14.5. The van der Waals surface area contributed by atoms with Crippen molar-refractivity contribution in [3.05, 3.63) is 23.8 Å². The molecule has 1 aliphatic rings. The zero-order valence-corrected chi connectivity index (χ0v) is 12.7. The molecule has 1 aromatic rings. The van der Waals surface area contributed by atoms with Crippen LogP contribution in [0.2, 0.25) is 0 Å². The molecule has 20 heavy (non-hydrogen) atoms. The summed E-state index contributed by atoms with van der Waals surface area (Å²) in [6, 6.07) is 5.49. The van der Waals surface area contributed by atoms with Crippen LogP contribution >= 0.6 is 0 Å². The lowest BCUT2D eigenvalue weighted by Crippen LogP contribution is -2.28. The van der Waals surface area contributed by atoms with Gasteiger partial charge in [0, 0.05) is 16.0 Å². The molecule has 5 heteroatoms. The fourth-order valence-corrected chi connectivity index (χ4v) is 4.04. The first-order chi connectivity index (χ1) is 9.58. The fourth-order valence-electron chi connectivity index (χ4n) is 2.61. The second kappa shape index (κ2) is 6.88. The van der Waals surface area contributed by atoms with Gasteiger partial charge in [-0.05, 0) is 31.4 Å². The van der Waals surface area contributed by atoms with Crippen LogP contribution in [0.15, 0.2) is 18.2 Å². The number of hydrogen-bond acceptors (Lipinski definition) is 3. The smallest absolute Gasteiger partial charge is 0.237 e. The van der Waals surface area contributed by atoms with Crippen LogP contribution in [0.25, 0.3) is 0 Å². The van der Waals surface area contributed by atoms with Crippen LogP contribution in [-0.4, -0.2) is 21.1 Å². The standard InChI is InChI=1S/C15H22N2O2S/c1-11-6-5-9-13(16)15(11)17-14(18)10-20(19)12-7-3-2-4-8-12/h5-6,9,12H,2-4,7-8,10,16H2,1H3,(H,17,18). The first-order valence-corrected chi connectivity index (χ1v) is 8.48. The van der Waals surface area contributed by atoms with Crippen LogP contribution in [0.3, 0.4) is 0 Å². The molecule has 0 bridgehead atoms. The number of nitrogens with two attached hydrogens (primary N) is 1. The van der Waals surface area contributed by atoms with E-state index in [4.69, 9.17) is 5.73 Å². The van der Waals surface area contributed by atoms with Gasteiger partial charge in [-0.2, -0.15) is 0 Å². The number of rotatable bonds is 4. The first-order valence-electron chi connectivity index (χ1n) is 7.10. The maximum atomic E-state index is 12.2. The lowest BCUT2D eigenvalue weighted by molar-refractivity contribution is -0.113. The summed E-state index contributed by atoms with van der Waals surface area (Å²) in [5.41, 5.74) is 7.95. The Balaban J connectivity index is 1.93. The summed E-state index contributed by atoms with van der Waals surface area (Å²) in [7, 11) is -1.08. The van der Waals surface area contributed by atoms with Crippen LogP contribution in [0.4, 0.5) is 11.4 Å². The SMILES string of the molecule is Cc1cccc(N)c1NC(=O)CS(=O)C1CCCCC1. The number of benzene rings is 1. The van der Waals surface area contributed by atoms with E-state index in [1.54, 1.807) is 6.07 Å². The Labute approximate surface area is 122 Å². The Bertz CT molecular complexity index is 490. The van der Waals surface area contributed by atoms with Gasteiger partial charge in [0.05, 0.1) is 11.4 Å². The third-order valence-corrected chi connectivity index (χ3v) is 5.53. The van der Waals surface area contributed by atoms with Gasteiger partial charge in [-0.3, -0.25) is 9.00 Å². The molecule has 0 heterocycles. The van der Waals surface area contributed by atoms with Crippen molar-refractivity contribution in [1.29, 1.82) is 0 Å². The van der Waals surface area contributed by atoms with E-state index in [0.717, 1.165) is 31.2 Å². The number of nitrogen functional groups attached to an aromatic ring is 1. The summed E-state index contributed by atoms with van der Waals surface area (Å²) in [5.74, 6) is -0.145. The van der Waals surface area contributed by atoms with Crippen LogP contribution in [0.1, 0.15) is 37.7 Å². The van der Waals surface area contributed by atoms with Crippen LogP contribution < -0.4 is 11.1 Å². The van der Waals surface area contributed by atoms with Crippen LogP contribution in [0.5, 0.6) is 0 Å². The molecule has 2 rings (SSSR count). The second-order valence-electron chi connectivity index (χ2n) is 5.37. The molecule has 4 nitrogen and oxygen atoms in total. The van der Waals surface area contributed by atoms with Crippen LogP contribution in [-0.2, 0) is 15.6 Å². The van der Waals surface area contributed by atoms with E-state index in [0.29, 0.717) is 11.4 Å². The van der Waals surface area contributed by atoms with Crippen molar-refractivity contribution in [1.82, 2.24) is 0 Å². The summed E-state index contributed by atoms with van der Waals surface area (Å²) in [6.07, 6.45) is 5.43. The zero-order valence-electron chi connectivity index (χ0n) is 11.9. The molecule has 1 amide bonds. The van der Waals surface area contributed by atoms with Crippen molar-refractivity contribution >= 4 is 28.1 Å². The van der Waals surface area contributed by atoms with Gasteiger partial charge in [0.15, 0.2) is 0 Å². The number of carbonyl (C=O) groups is 1. The van der Waals surface area contributed by atoms with E-state index in [-0.39, 0.29) is 16.9 Å². The average Bonchev–Trinajstić information content (AvgIpc) is 2.44. The summed E-state index contributed by atoms with van der Waals surface area (Å²) < 4.78 is 12.2. The van der Waals surface area contributed by atoms with E-state index < -0.39 is 10.8 Å². The van der Waals surface area contributed by atoms with Gasteiger partial charge in [0.25, 0.3) is 0 Å². The van der Waals surface area contributed by atoms with Gasteiger partial charge in [0.1, 0.15) is 5.75 Å². The van der Waals surface area contributed by atoms with Crippen LogP contribution in [0, 0.1) is 6.92 Å². The third-order valence-electron chi connectivity index (χ3n) is 3.77. The maximum absolute atomic E-state index is 12.2. The molecule has 1 unspecified atom stereocenters. The summed E-state index contributed by atoms with van der Waals surface area (Å²) in [5, 5.41) is 2.98. The highest BCUT2D eigenvalue weighted by Gasteiger charge is 2.22. The first kappa shape index (κ1) is 15.0. The number of para-hydroxylation sites is 1. The lowest BCUT2D eigenvalue weighted by Gasteiger charge is -2.20. The van der Waals surface area contributed by atoms with E-state index >= 15 is 0 Å². The fraction of sp³-hybridized carbons (Fsp3) is 0.533. The Morgan fingerprint density at radius 1 is 1.35 bits per heavy atom. The second-order valence-corrected chi connectivity index (χ2v) is 7.09. The Morgan fingerprint density at radius 3 is 2.70 bits per heavy atom. The van der Waals surface area contributed by atoms with E-state index in [9.17, 15) is 9.00 Å². The van der Waals surface area contributed by atoms with Gasteiger partial charge < -0.3 is 11.1 Å². The minimum Gasteiger partial charge on any atom is -0.397 e. The normalized spacial score (nSPS) is 17.6. The predicted molar refractivity (Wildman–Crippen MR) is 84.1 cm³/mol. The van der Waals surface area contributed by atoms with Gasteiger partial charge in [-0.25, -0.2) is 0 Å². The van der Waals surface area contributed by atoms with Gasteiger partial charge in [0.2, 0.25) is 5.91 Å². The Hall–Kier alpha value is -1.36. The number of hydrogen-bond donors (Lipinski definition) is 2. The van der Waals surface area contributed by atoms with E-state index in [2.05, 4.69) is 5.32 Å². The van der Waals surface area contributed by atoms with Gasteiger partial charge in [-0.15, -0.1) is 0 Å². The highest BCUT2D eigenvalue weighted by Crippen LogP contribution is 2.24. The number of nitrogens with one attached hydrogen (secondary N) is 1. The topological polar surface area (TPSA) is 72.2 Å². The minimum atomic E-state index is -1.08. The largest absolute Gasteiger partial charge is 0.397 e. The molecule has 0 spiro atoms. The van der Waals surface area contributed by atoms with Crippen molar-refractivity contribution in [2.24, 2.45) is 0 Å². The number of carbonyl (C=O) groups excluding carboxylic acids is 1. The van der Waals surface area contributed by atoms with Crippen molar-refractivity contribution in [2.45, 2.75) is 44.3 Å². The quantitative estimate of drug-likeness (QED) is 0.838. The number of amides is 1. The van der Waals surface area contributed by atoms with E-state index in [1.165, 1.54) is 6.42 Å². The average molecular weight is 294 g/mol. The molecular formula is C15H22N2O2S. The number of anilines is 2. The minimum absolute atomic E-state index is 0.0679. The third kappa shape index (κ3) is 3.82. The van der Waals surface area contributed by atoms with Gasteiger partial charge in [-0.1, -0.05) is 31.4 Å².